The molecule has 1 rings (SSSR count). The molecule has 0 saturated heterocycles. The van der Waals surface area contributed by atoms with Gasteiger partial charge in [-0.15, -0.1) is 0 Å². The summed E-state index contributed by atoms with van der Waals surface area (Å²) in [4.78, 5) is 0. The van der Waals surface area contributed by atoms with E-state index in [2.05, 4.69) is 57.0 Å². The fraction of sp³-hybridized carbons (Fsp3) is 0.571. The summed E-state index contributed by atoms with van der Waals surface area (Å²) >= 11 is 0. The summed E-state index contributed by atoms with van der Waals surface area (Å²) in [6.45, 7) is 12.7. The van der Waals surface area contributed by atoms with Crippen LogP contribution in [0.1, 0.15) is 25.3 Å². The highest BCUT2D eigenvalue weighted by atomic mass is 28.3. The van der Waals surface area contributed by atoms with Crippen LogP contribution in [0.3, 0.4) is 0 Å². The van der Waals surface area contributed by atoms with Crippen molar-refractivity contribution in [3.63, 3.8) is 0 Å². The average molecular weight is 235 g/mol. The molecule has 1 N–H and O–H groups in total. The van der Waals surface area contributed by atoms with Gasteiger partial charge in [-0.25, -0.2) is 0 Å². The molecule has 0 spiro atoms. The Hall–Kier alpha value is -0.763. The summed E-state index contributed by atoms with van der Waals surface area (Å²) in [7, 11) is -1.23. The number of unbranched alkanes of at least 4 members (excludes halogenated alkanes) is 1. The van der Waals surface area contributed by atoms with E-state index in [0.717, 1.165) is 6.54 Å². The summed E-state index contributed by atoms with van der Waals surface area (Å²) in [5, 5.41) is 5.14. The zero-order valence-corrected chi connectivity index (χ0v) is 12.4. The van der Waals surface area contributed by atoms with E-state index in [4.69, 9.17) is 0 Å². The summed E-state index contributed by atoms with van der Waals surface area (Å²) in [6.07, 6.45) is 2.50. The molecule has 0 heterocycles. The van der Waals surface area contributed by atoms with Crippen LogP contribution in [0, 0.1) is 6.92 Å². The van der Waals surface area contributed by atoms with Gasteiger partial charge < -0.3 is 5.32 Å². The highest BCUT2D eigenvalue weighted by molar-refractivity contribution is 6.89. The minimum Gasteiger partial charge on any atom is -0.385 e. The number of nitrogens with one attached hydrogen (secondary N) is 1. The zero-order valence-electron chi connectivity index (χ0n) is 11.4. The summed E-state index contributed by atoms with van der Waals surface area (Å²) in [5.74, 6) is 0. The van der Waals surface area contributed by atoms with E-state index in [0.29, 0.717) is 0 Å². The SMILES string of the molecule is CCCCNc1ccc(C)cc1[Si](C)(C)C. The van der Waals surface area contributed by atoms with Crippen molar-refractivity contribution in [1.29, 1.82) is 0 Å². The van der Waals surface area contributed by atoms with Gasteiger partial charge in [-0.3, -0.25) is 0 Å². The van der Waals surface area contributed by atoms with Crippen LogP contribution in [-0.2, 0) is 0 Å². The molecule has 0 amide bonds. The number of rotatable bonds is 5. The number of anilines is 1. The highest BCUT2D eigenvalue weighted by Gasteiger charge is 2.19. The van der Waals surface area contributed by atoms with Crippen LogP contribution in [0.25, 0.3) is 0 Å². The second-order valence-corrected chi connectivity index (χ2v) is 10.6. The van der Waals surface area contributed by atoms with Crippen molar-refractivity contribution in [2.45, 2.75) is 46.3 Å². The predicted octanol–water partition coefficient (Wildman–Crippen LogP) is 3.75. The lowest BCUT2D eigenvalue weighted by molar-refractivity contribution is 0.835. The van der Waals surface area contributed by atoms with Crippen molar-refractivity contribution >= 4 is 18.9 Å². The van der Waals surface area contributed by atoms with Crippen LogP contribution in [0.5, 0.6) is 0 Å². The Morgan fingerprint density at radius 2 is 1.88 bits per heavy atom. The Bertz CT molecular complexity index is 339. The Balaban J connectivity index is 2.90. The summed E-state index contributed by atoms with van der Waals surface area (Å²) < 4.78 is 0. The molecule has 0 bridgehead atoms. The molecule has 0 fully saturated rings. The fourth-order valence-electron chi connectivity index (χ4n) is 1.83. The van der Waals surface area contributed by atoms with Crippen molar-refractivity contribution in [3.8, 4) is 0 Å². The second-order valence-electron chi connectivity index (χ2n) is 5.58. The molecular weight excluding hydrogens is 210 g/mol. The summed E-state index contributed by atoms with van der Waals surface area (Å²) in [5.41, 5.74) is 2.73. The van der Waals surface area contributed by atoms with Gasteiger partial charge in [-0.05, 0) is 24.6 Å². The van der Waals surface area contributed by atoms with Crippen molar-refractivity contribution in [1.82, 2.24) is 0 Å². The molecule has 0 saturated carbocycles. The third kappa shape index (κ3) is 3.67. The third-order valence-electron chi connectivity index (χ3n) is 2.83. The van der Waals surface area contributed by atoms with E-state index in [9.17, 15) is 0 Å². The summed E-state index contributed by atoms with van der Waals surface area (Å²) in [6, 6.07) is 6.82. The molecule has 1 aromatic rings. The topological polar surface area (TPSA) is 12.0 Å². The molecule has 90 valence electrons. The molecule has 0 unspecified atom stereocenters. The van der Waals surface area contributed by atoms with Crippen molar-refractivity contribution in [3.05, 3.63) is 23.8 Å². The van der Waals surface area contributed by atoms with Gasteiger partial charge in [-0.2, -0.15) is 0 Å². The third-order valence-corrected chi connectivity index (χ3v) is 4.86. The molecule has 0 aliphatic heterocycles. The van der Waals surface area contributed by atoms with Gasteiger partial charge in [0.1, 0.15) is 0 Å². The Morgan fingerprint density at radius 1 is 1.19 bits per heavy atom. The monoisotopic (exact) mass is 235 g/mol. The van der Waals surface area contributed by atoms with E-state index in [1.807, 2.05) is 0 Å². The number of hydrogen-bond donors (Lipinski definition) is 1. The molecule has 0 aromatic heterocycles. The van der Waals surface area contributed by atoms with Gasteiger partial charge in [0.2, 0.25) is 0 Å². The molecule has 0 aliphatic rings. The van der Waals surface area contributed by atoms with Gasteiger partial charge in [0, 0.05) is 12.2 Å². The van der Waals surface area contributed by atoms with Crippen LogP contribution in [-0.4, -0.2) is 14.6 Å². The number of hydrogen-bond acceptors (Lipinski definition) is 1. The van der Waals surface area contributed by atoms with Gasteiger partial charge >= 0.3 is 0 Å². The van der Waals surface area contributed by atoms with Crippen molar-refractivity contribution in [2.75, 3.05) is 11.9 Å². The van der Waals surface area contributed by atoms with Crippen LogP contribution in [0.4, 0.5) is 5.69 Å². The first-order valence-corrected chi connectivity index (χ1v) is 9.80. The predicted molar refractivity (Wildman–Crippen MR) is 77.6 cm³/mol. The second kappa shape index (κ2) is 5.53. The van der Waals surface area contributed by atoms with E-state index in [1.165, 1.54) is 24.1 Å². The first-order valence-electron chi connectivity index (χ1n) is 6.30. The van der Waals surface area contributed by atoms with E-state index >= 15 is 0 Å². The quantitative estimate of drug-likeness (QED) is 0.605. The molecule has 0 radical (unpaired) electrons. The Kier molecular flexibility index (Phi) is 4.60. The standard InChI is InChI=1S/C14H25NSi/c1-6-7-10-15-13-9-8-12(2)11-14(13)16(3,4)5/h8-9,11,15H,6-7,10H2,1-5H3. The van der Waals surface area contributed by atoms with E-state index in [1.54, 1.807) is 5.19 Å². The van der Waals surface area contributed by atoms with Crippen LogP contribution in [0.15, 0.2) is 18.2 Å². The first kappa shape index (κ1) is 13.3. The van der Waals surface area contributed by atoms with Crippen LogP contribution in [0.2, 0.25) is 19.6 Å². The van der Waals surface area contributed by atoms with Crippen molar-refractivity contribution in [2.24, 2.45) is 0 Å². The van der Waals surface area contributed by atoms with Gasteiger partial charge in [0.25, 0.3) is 0 Å². The zero-order chi connectivity index (χ0) is 12.2. The lowest BCUT2D eigenvalue weighted by Crippen LogP contribution is -2.39. The van der Waals surface area contributed by atoms with Gasteiger partial charge in [0.05, 0.1) is 8.07 Å². The van der Waals surface area contributed by atoms with Gasteiger partial charge in [0.15, 0.2) is 0 Å². The lowest BCUT2D eigenvalue weighted by Gasteiger charge is -2.22. The molecule has 0 atom stereocenters. The molecule has 0 aliphatic carbocycles. The molecule has 1 nitrogen and oxygen atoms in total. The normalized spacial score (nSPS) is 11.6. The maximum Gasteiger partial charge on any atom is 0.0803 e. The van der Waals surface area contributed by atoms with Crippen LogP contribution >= 0.6 is 0 Å². The molecule has 16 heavy (non-hydrogen) atoms. The fourth-order valence-corrected chi connectivity index (χ4v) is 3.47. The Labute approximate surface area is 101 Å². The van der Waals surface area contributed by atoms with E-state index in [-0.39, 0.29) is 0 Å². The minimum absolute atomic E-state index is 1.09. The molecular formula is C14H25NSi. The highest BCUT2D eigenvalue weighted by Crippen LogP contribution is 2.14. The first-order chi connectivity index (χ1) is 7.45. The minimum atomic E-state index is -1.23. The van der Waals surface area contributed by atoms with E-state index < -0.39 is 8.07 Å². The molecule has 2 heteroatoms. The maximum absolute atomic E-state index is 3.58. The number of benzene rings is 1. The van der Waals surface area contributed by atoms with Crippen LogP contribution < -0.4 is 10.5 Å². The average Bonchev–Trinajstić information content (AvgIpc) is 2.19. The lowest BCUT2D eigenvalue weighted by atomic mass is 10.2. The molecule has 1 aromatic carbocycles. The largest absolute Gasteiger partial charge is 0.385 e. The Morgan fingerprint density at radius 3 is 2.44 bits per heavy atom. The van der Waals surface area contributed by atoms with Gasteiger partial charge in [-0.1, -0.05) is 50.7 Å². The van der Waals surface area contributed by atoms with Crippen molar-refractivity contribution < 1.29 is 0 Å². The number of aryl methyl sites for hydroxylation is 1. The smallest absolute Gasteiger partial charge is 0.0803 e. The maximum atomic E-state index is 3.58.